The fourth-order valence-corrected chi connectivity index (χ4v) is 5.53. The lowest BCUT2D eigenvalue weighted by molar-refractivity contribution is -0.147. The lowest BCUT2D eigenvalue weighted by Crippen LogP contribution is -2.36. The molecule has 0 N–H and O–H groups in total. The second-order valence-corrected chi connectivity index (χ2v) is 8.86. The third-order valence-corrected chi connectivity index (χ3v) is 6.15. The van der Waals surface area contributed by atoms with E-state index in [9.17, 15) is 9.59 Å². The number of carbonyl (C=O) groups excluding carboxylic acids is 2. The number of rotatable bonds is 2. The molecule has 0 amide bonds. The van der Waals surface area contributed by atoms with Crippen molar-refractivity contribution in [2.75, 3.05) is 0 Å². The van der Waals surface area contributed by atoms with Crippen LogP contribution in [0.15, 0.2) is 26.0 Å². The molecule has 0 spiro atoms. The van der Waals surface area contributed by atoms with Crippen LogP contribution < -0.4 is 0 Å². The summed E-state index contributed by atoms with van der Waals surface area (Å²) in [5.74, 6) is -0.478. The number of allylic oxidation sites excluding steroid dienone is 1. The van der Waals surface area contributed by atoms with Crippen LogP contribution in [0, 0.1) is 11.8 Å². The zero-order valence-corrected chi connectivity index (χ0v) is 14.9. The molecule has 1 fully saturated rings. The molecule has 4 nitrogen and oxygen atoms in total. The van der Waals surface area contributed by atoms with Crippen molar-refractivity contribution < 1.29 is 19.1 Å². The van der Waals surface area contributed by atoms with Crippen LogP contribution in [-0.4, -0.2) is 18.0 Å². The first-order valence-electron chi connectivity index (χ1n) is 6.57. The highest BCUT2D eigenvalue weighted by molar-refractivity contribution is 9.12. The summed E-state index contributed by atoms with van der Waals surface area (Å²) in [6, 6.07) is 1.75. The summed E-state index contributed by atoms with van der Waals surface area (Å²) in [6.07, 6.45) is 5.24. The monoisotopic (exact) mass is 434 g/mol. The first kappa shape index (κ1) is 15.2. The molecule has 21 heavy (non-hydrogen) atoms. The van der Waals surface area contributed by atoms with E-state index in [-0.39, 0.29) is 29.9 Å². The molecule has 1 aliphatic carbocycles. The Hall–Kier alpha value is -0.660. The predicted octanol–water partition coefficient (Wildman–Crippen LogP) is 4.29. The largest absolute Gasteiger partial charge is 0.459 e. The molecule has 3 unspecified atom stereocenters. The van der Waals surface area contributed by atoms with Crippen LogP contribution >= 0.6 is 43.2 Å². The molecule has 3 atom stereocenters. The molecule has 2 heterocycles. The Balaban J connectivity index is 1.65. The summed E-state index contributed by atoms with van der Waals surface area (Å²) in [5.41, 5.74) is 0.535. The van der Waals surface area contributed by atoms with Crippen LogP contribution in [0.3, 0.4) is 0 Å². The quantitative estimate of drug-likeness (QED) is 0.650. The Kier molecular flexibility index (Phi) is 4.51. The Morgan fingerprint density at radius 2 is 2.19 bits per heavy atom. The second-order valence-electron chi connectivity index (χ2n) is 5.11. The number of fused-ring (bicyclic) bond motifs is 1. The molecule has 1 aromatic heterocycles. The summed E-state index contributed by atoms with van der Waals surface area (Å²) in [6.45, 7) is 0. The molecule has 1 aliphatic heterocycles. The van der Waals surface area contributed by atoms with Gasteiger partial charge < -0.3 is 9.47 Å². The van der Waals surface area contributed by atoms with Gasteiger partial charge in [-0.05, 0) is 69.2 Å². The summed E-state index contributed by atoms with van der Waals surface area (Å²) < 4.78 is 12.1. The van der Waals surface area contributed by atoms with Gasteiger partial charge in [-0.3, -0.25) is 4.79 Å². The van der Waals surface area contributed by atoms with E-state index >= 15 is 0 Å². The average molecular weight is 436 g/mol. The normalized spacial score (nSPS) is 27.9. The van der Waals surface area contributed by atoms with Gasteiger partial charge in [-0.15, -0.1) is 11.3 Å². The molecule has 2 aliphatic rings. The van der Waals surface area contributed by atoms with Gasteiger partial charge in [0.2, 0.25) is 0 Å². The van der Waals surface area contributed by atoms with Crippen molar-refractivity contribution >= 4 is 55.1 Å². The molecule has 7 heteroatoms. The van der Waals surface area contributed by atoms with Gasteiger partial charge in [0.1, 0.15) is 6.10 Å². The summed E-state index contributed by atoms with van der Waals surface area (Å²) >= 11 is 8.15. The summed E-state index contributed by atoms with van der Waals surface area (Å²) in [4.78, 5) is 23.8. The lowest BCUT2D eigenvalue weighted by atomic mass is 9.77. The zero-order chi connectivity index (χ0) is 15.0. The van der Waals surface area contributed by atoms with E-state index in [4.69, 9.17) is 9.47 Å². The smallest absolute Gasteiger partial charge is 0.340 e. The van der Waals surface area contributed by atoms with Gasteiger partial charge in [0.05, 0.1) is 25.3 Å². The maximum absolute atomic E-state index is 12.2. The van der Waals surface area contributed by atoms with Gasteiger partial charge in [0.15, 0.2) is 0 Å². The minimum absolute atomic E-state index is 0.0908. The zero-order valence-electron chi connectivity index (χ0n) is 10.9. The Bertz CT molecular complexity index is 610. The van der Waals surface area contributed by atoms with Crippen LogP contribution in [0.25, 0.3) is 0 Å². The minimum Gasteiger partial charge on any atom is -0.459 e. The van der Waals surface area contributed by atoms with Gasteiger partial charge >= 0.3 is 11.9 Å². The number of ether oxygens (including phenoxy) is 2. The number of hydrogen-bond acceptors (Lipinski definition) is 5. The predicted molar refractivity (Wildman–Crippen MR) is 85.0 cm³/mol. The van der Waals surface area contributed by atoms with Gasteiger partial charge in [0, 0.05) is 0 Å². The highest BCUT2D eigenvalue weighted by Crippen LogP contribution is 2.37. The van der Waals surface area contributed by atoms with Crippen molar-refractivity contribution in [1.82, 2.24) is 0 Å². The Labute approximate surface area is 142 Å². The summed E-state index contributed by atoms with van der Waals surface area (Å²) in [7, 11) is 0. The molecule has 3 rings (SSSR count). The first-order chi connectivity index (χ1) is 10.0. The number of thiophene rings is 1. The number of carbonyl (C=O) groups is 2. The maximum atomic E-state index is 12.2. The van der Waals surface area contributed by atoms with E-state index in [0.717, 1.165) is 7.57 Å². The standard InChI is InChI=1S/C14H12Br2O4S/c15-11-6-10(12(16)21-11)14(18)20-8-1-2-9-7(5-8)3-4-19-13(9)17/h3-4,6-9H,1-2,5H2. The van der Waals surface area contributed by atoms with E-state index in [2.05, 4.69) is 31.9 Å². The highest BCUT2D eigenvalue weighted by Gasteiger charge is 2.38. The third kappa shape index (κ3) is 3.24. The number of esters is 2. The van der Waals surface area contributed by atoms with Crippen LogP contribution in [0.2, 0.25) is 0 Å². The van der Waals surface area contributed by atoms with Crippen molar-refractivity contribution in [2.24, 2.45) is 11.8 Å². The van der Waals surface area contributed by atoms with Crippen LogP contribution in [0.5, 0.6) is 0 Å². The average Bonchev–Trinajstić information content (AvgIpc) is 2.78. The Morgan fingerprint density at radius 3 is 2.90 bits per heavy atom. The van der Waals surface area contributed by atoms with E-state index in [1.807, 2.05) is 6.08 Å². The first-order valence-corrected chi connectivity index (χ1v) is 8.98. The van der Waals surface area contributed by atoms with E-state index in [1.165, 1.54) is 17.6 Å². The van der Waals surface area contributed by atoms with E-state index in [1.54, 1.807) is 6.07 Å². The SMILES string of the molecule is O=C(OC1CCC2C(=O)OC=CC2C1)c1cc(Br)sc1Br. The Morgan fingerprint density at radius 1 is 1.38 bits per heavy atom. The van der Waals surface area contributed by atoms with Crippen molar-refractivity contribution in [3.63, 3.8) is 0 Å². The van der Waals surface area contributed by atoms with E-state index < -0.39 is 0 Å². The van der Waals surface area contributed by atoms with Gasteiger partial charge in [-0.1, -0.05) is 0 Å². The minimum atomic E-state index is -0.324. The third-order valence-electron chi connectivity index (χ3n) is 3.81. The molecule has 1 saturated carbocycles. The molecular formula is C14H12Br2O4S. The van der Waals surface area contributed by atoms with Gasteiger partial charge in [-0.25, -0.2) is 4.79 Å². The fraction of sp³-hybridized carbons (Fsp3) is 0.429. The molecule has 0 saturated heterocycles. The van der Waals surface area contributed by atoms with Crippen molar-refractivity contribution in [1.29, 1.82) is 0 Å². The second kappa shape index (κ2) is 6.22. The molecule has 112 valence electrons. The number of halogens is 2. The highest BCUT2D eigenvalue weighted by atomic mass is 79.9. The van der Waals surface area contributed by atoms with Crippen LogP contribution in [-0.2, 0) is 14.3 Å². The van der Waals surface area contributed by atoms with Crippen molar-refractivity contribution in [2.45, 2.75) is 25.4 Å². The van der Waals surface area contributed by atoms with E-state index in [0.29, 0.717) is 24.8 Å². The van der Waals surface area contributed by atoms with Gasteiger partial charge in [0.25, 0.3) is 0 Å². The summed E-state index contributed by atoms with van der Waals surface area (Å²) in [5, 5.41) is 0. The van der Waals surface area contributed by atoms with Crippen molar-refractivity contribution in [3.8, 4) is 0 Å². The van der Waals surface area contributed by atoms with Crippen LogP contribution in [0.4, 0.5) is 0 Å². The number of cyclic esters (lactones) is 1. The molecular weight excluding hydrogens is 424 g/mol. The van der Waals surface area contributed by atoms with Crippen molar-refractivity contribution in [3.05, 3.63) is 31.5 Å². The molecule has 0 bridgehead atoms. The lowest BCUT2D eigenvalue weighted by Gasteiger charge is -2.34. The van der Waals surface area contributed by atoms with Gasteiger partial charge in [-0.2, -0.15) is 0 Å². The molecule has 0 aromatic carbocycles. The number of hydrogen-bond donors (Lipinski definition) is 0. The van der Waals surface area contributed by atoms with Crippen LogP contribution in [0.1, 0.15) is 29.6 Å². The topological polar surface area (TPSA) is 52.6 Å². The maximum Gasteiger partial charge on any atom is 0.340 e. The molecule has 0 radical (unpaired) electrons. The fourth-order valence-electron chi connectivity index (χ4n) is 2.77. The molecule has 1 aromatic rings.